The van der Waals surface area contributed by atoms with E-state index in [1.54, 1.807) is 0 Å². The summed E-state index contributed by atoms with van der Waals surface area (Å²) in [4.78, 5) is 10.7. The van der Waals surface area contributed by atoms with E-state index in [9.17, 15) is 13.2 Å². The van der Waals surface area contributed by atoms with Gasteiger partial charge in [-0.05, 0) is 26.3 Å². The summed E-state index contributed by atoms with van der Waals surface area (Å²) in [5, 5.41) is 0. The molecule has 0 spiro atoms. The van der Waals surface area contributed by atoms with Crippen LogP contribution in [0.1, 0.15) is 25.8 Å². The largest absolute Gasteiger partial charge is 0.417 e. The van der Waals surface area contributed by atoms with E-state index in [4.69, 9.17) is 0 Å². The summed E-state index contributed by atoms with van der Waals surface area (Å²) in [5.41, 5.74) is -0.0947. The number of rotatable bonds is 1. The van der Waals surface area contributed by atoms with Gasteiger partial charge in [0.25, 0.3) is 0 Å². The average Bonchev–Trinajstić information content (AvgIpc) is 2.63. The Morgan fingerprint density at radius 3 is 2.61 bits per heavy atom. The standard InChI is InChI=1S/C16H23F3N4/c1-11(2)22-6-7-23-13(10-22)4-5-21(3)14-8-12(16(17,18)19)9-20-15(14)23/h8-9,11,13H,4-7,10H2,1-3H3/t13-/m1/s1. The highest BCUT2D eigenvalue weighted by molar-refractivity contribution is 5.69. The van der Waals surface area contributed by atoms with Gasteiger partial charge >= 0.3 is 6.18 Å². The molecule has 0 unspecified atom stereocenters. The molecule has 0 N–H and O–H groups in total. The van der Waals surface area contributed by atoms with Gasteiger partial charge in [0.2, 0.25) is 0 Å². The lowest BCUT2D eigenvalue weighted by Gasteiger charge is -2.43. The molecule has 0 amide bonds. The lowest BCUT2D eigenvalue weighted by Crippen LogP contribution is -2.55. The van der Waals surface area contributed by atoms with Crippen LogP contribution in [-0.4, -0.2) is 55.2 Å². The molecule has 7 heteroatoms. The molecule has 1 aromatic heterocycles. The Bertz CT molecular complexity index is 573. The molecule has 3 rings (SSSR count). The van der Waals surface area contributed by atoms with Crippen LogP contribution < -0.4 is 9.80 Å². The zero-order chi connectivity index (χ0) is 16.8. The van der Waals surface area contributed by atoms with Gasteiger partial charge < -0.3 is 9.80 Å². The fourth-order valence-electron chi connectivity index (χ4n) is 3.44. The summed E-state index contributed by atoms with van der Waals surface area (Å²) in [6.45, 7) is 7.76. The second-order valence-corrected chi connectivity index (χ2v) is 6.71. The molecule has 3 heterocycles. The van der Waals surface area contributed by atoms with E-state index in [1.807, 2.05) is 11.9 Å². The second-order valence-electron chi connectivity index (χ2n) is 6.71. The van der Waals surface area contributed by atoms with Crippen molar-refractivity contribution in [2.45, 2.75) is 38.5 Å². The van der Waals surface area contributed by atoms with E-state index in [0.717, 1.165) is 38.8 Å². The third kappa shape index (κ3) is 3.11. The first-order valence-corrected chi connectivity index (χ1v) is 8.06. The summed E-state index contributed by atoms with van der Waals surface area (Å²) in [6, 6.07) is 2.02. The maximum Gasteiger partial charge on any atom is 0.417 e. The van der Waals surface area contributed by atoms with Crippen LogP contribution in [0.15, 0.2) is 12.3 Å². The van der Waals surface area contributed by atoms with Gasteiger partial charge in [0.15, 0.2) is 5.82 Å². The molecule has 0 radical (unpaired) electrons. The Morgan fingerprint density at radius 1 is 1.22 bits per heavy atom. The van der Waals surface area contributed by atoms with E-state index in [2.05, 4.69) is 28.6 Å². The summed E-state index contributed by atoms with van der Waals surface area (Å²) >= 11 is 0. The van der Waals surface area contributed by atoms with Gasteiger partial charge in [-0.3, -0.25) is 4.90 Å². The SMILES string of the molecule is CC(C)N1CCN2c3ncc(C(F)(F)F)cc3N(C)CC[C@@H]2C1. The molecule has 2 aliphatic heterocycles. The first-order chi connectivity index (χ1) is 10.8. The third-order valence-corrected chi connectivity index (χ3v) is 4.90. The monoisotopic (exact) mass is 328 g/mol. The second kappa shape index (κ2) is 5.85. The van der Waals surface area contributed by atoms with Crippen LogP contribution in [0.5, 0.6) is 0 Å². The van der Waals surface area contributed by atoms with E-state index >= 15 is 0 Å². The Labute approximate surface area is 134 Å². The van der Waals surface area contributed by atoms with Gasteiger partial charge in [0.05, 0.1) is 11.3 Å². The van der Waals surface area contributed by atoms with Crippen LogP contribution in [0.2, 0.25) is 0 Å². The van der Waals surface area contributed by atoms with E-state index < -0.39 is 11.7 Å². The fourth-order valence-corrected chi connectivity index (χ4v) is 3.44. The molecule has 1 aromatic rings. The molecule has 128 valence electrons. The summed E-state index contributed by atoms with van der Waals surface area (Å²) < 4.78 is 38.9. The van der Waals surface area contributed by atoms with E-state index in [1.165, 1.54) is 6.07 Å². The number of fused-ring (bicyclic) bond motifs is 3. The molecule has 0 aliphatic carbocycles. The minimum absolute atomic E-state index is 0.305. The summed E-state index contributed by atoms with van der Waals surface area (Å²) in [6.07, 6.45) is -2.47. The highest BCUT2D eigenvalue weighted by Crippen LogP contribution is 2.38. The smallest absolute Gasteiger partial charge is 0.372 e. The Balaban J connectivity index is 1.95. The number of aromatic nitrogens is 1. The third-order valence-electron chi connectivity index (χ3n) is 4.90. The van der Waals surface area contributed by atoms with Crippen LogP contribution in [-0.2, 0) is 6.18 Å². The molecule has 0 saturated carbocycles. The van der Waals surface area contributed by atoms with E-state index in [0.29, 0.717) is 23.6 Å². The molecule has 1 fully saturated rings. The van der Waals surface area contributed by atoms with Crippen LogP contribution in [0.4, 0.5) is 24.7 Å². The van der Waals surface area contributed by atoms with Crippen molar-refractivity contribution < 1.29 is 13.2 Å². The summed E-state index contributed by atoms with van der Waals surface area (Å²) in [5.74, 6) is 0.686. The molecular formula is C16H23F3N4. The van der Waals surface area contributed by atoms with Gasteiger partial charge in [-0.1, -0.05) is 0 Å². The Morgan fingerprint density at radius 2 is 1.96 bits per heavy atom. The molecule has 1 saturated heterocycles. The minimum atomic E-state index is -4.36. The average molecular weight is 328 g/mol. The maximum atomic E-state index is 13.0. The van der Waals surface area contributed by atoms with E-state index in [-0.39, 0.29) is 0 Å². The highest BCUT2D eigenvalue weighted by Gasteiger charge is 2.36. The number of hydrogen-bond acceptors (Lipinski definition) is 4. The number of halogens is 3. The number of pyridine rings is 1. The lowest BCUT2D eigenvalue weighted by atomic mass is 10.1. The van der Waals surface area contributed by atoms with Crippen molar-refractivity contribution in [1.82, 2.24) is 9.88 Å². The quantitative estimate of drug-likeness (QED) is 0.791. The van der Waals surface area contributed by atoms with Crippen molar-refractivity contribution in [2.75, 3.05) is 43.0 Å². The molecule has 0 bridgehead atoms. The van der Waals surface area contributed by atoms with Crippen molar-refractivity contribution in [3.05, 3.63) is 17.8 Å². The van der Waals surface area contributed by atoms with Gasteiger partial charge in [-0.2, -0.15) is 13.2 Å². The Hall–Kier alpha value is -1.50. The molecule has 4 nitrogen and oxygen atoms in total. The number of hydrogen-bond donors (Lipinski definition) is 0. The molecule has 1 atom stereocenters. The Kier molecular flexibility index (Phi) is 4.16. The van der Waals surface area contributed by atoms with Gasteiger partial charge in [-0.25, -0.2) is 4.98 Å². The van der Waals surface area contributed by atoms with Crippen LogP contribution >= 0.6 is 0 Å². The van der Waals surface area contributed by atoms with Crippen LogP contribution in [0, 0.1) is 0 Å². The topological polar surface area (TPSA) is 22.6 Å². The van der Waals surface area contributed by atoms with Gasteiger partial charge in [0.1, 0.15) is 0 Å². The lowest BCUT2D eigenvalue weighted by molar-refractivity contribution is -0.137. The molecule has 0 aromatic carbocycles. The predicted octanol–water partition coefficient (Wildman–Crippen LogP) is 2.84. The van der Waals surface area contributed by atoms with Crippen LogP contribution in [0.25, 0.3) is 0 Å². The highest BCUT2D eigenvalue weighted by atomic mass is 19.4. The minimum Gasteiger partial charge on any atom is -0.372 e. The maximum absolute atomic E-state index is 13.0. The number of piperazine rings is 1. The first kappa shape index (κ1) is 16.4. The fraction of sp³-hybridized carbons (Fsp3) is 0.688. The predicted molar refractivity (Wildman–Crippen MR) is 85.0 cm³/mol. The molecule has 2 aliphatic rings. The van der Waals surface area contributed by atoms with Gasteiger partial charge in [-0.15, -0.1) is 0 Å². The normalized spacial score (nSPS) is 22.8. The van der Waals surface area contributed by atoms with Crippen molar-refractivity contribution in [3.63, 3.8) is 0 Å². The van der Waals surface area contributed by atoms with Crippen LogP contribution in [0.3, 0.4) is 0 Å². The summed E-state index contributed by atoms with van der Waals surface area (Å²) in [7, 11) is 1.85. The number of alkyl halides is 3. The zero-order valence-corrected chi connectivity index (χ0v) is 13.8. The first-order valence-electron chi connectivity index (χ1n) is 8.06. The number of anilines is 2. The van der Waals surface area contributed by atoms with Crippen molar-refractivity contribution >= 4 is 11.5 Å². The molecule has 23 heavy (non-hydrogen) atoms. The van der Waals surface area contributed by atoms with Crippen molar-refractivity contribution in [1.29, 1.82) is 0 Å². The molecular weight excluding hydrogens is 305 g/mol. The van der Waals surface area contributed by atoms with Crippen molar-refractivity contribution in [3.8, 4) is 0 Å². The number of nitrogens with zero attached hydrogens (tertiary/aromatic N) is 4. The zero-order valence-electron chi connectivity index (χ0n) is 13.8. The van der Waals surface area contributed by atoms with Crippen molar-refractivity contribution in [2.24, 2.45) is 0 Å². The van der Waals surface area contributed by atoms with Gasteiger partial charge in [0, 0.05) is 51.5 Å².